The maximum absolute atomic E-state index is 11.4. The summed E-state index contributed by atoms with van der Waals surface area (Å²) in [5.74, 6) is 0.359. The Morgan fingerprint density at radius 1 is 1.32 bits per heavy atom. The van der Waals surface area contributed by atoms with Gasteiger partial charge in [0.1, 0.15) is 5.75 Å². The molecule has 1 aromatic carbocycles. The molecule has 0 unspecified atom stereocenters. The van der Waals surface area contributed by atoms with Gasteiger partial charge in [0, 0.05) is 13.7 Å². The molecule has 0 heterocycles. The Balaban J connectivity index is 0.00000211. The van der Waals surface area contributed by atoms with Crippen LogP contribution in [0.1, 0.15) is 12.5 Å². The summed E-state index contributed by atoms with van der Waals surface area (Å²) in [4.78, 5) is 22.3. The molecule has 5 nitrogen and oxygen atoms in total. The summed E-state index contributed by atoms with van der Waals surface area (Å²) in [6, 6.07) is 7.18. The third-order valence-corrected chi connectivity index (χ3v) is 2.37. The average Bonchev–Trinajstić information content (AvgIpc) is 2.53. The molecule has 0 bridgehead atoms. The Labute approximate surface area is 131 Å². The minimum Gasteiger partial charge on any atom is -0.484 e. The smallest absolute Gasteiger partial charge is 0.258 e. The lowest BCUT2D eigenvalue weighted by Gasteiger charge is -2.07. The van der Waals surface area contributed by atoms with Gasteiger partial charge in [-0.2, -0.15) is 0 Å². The van der Waals surface area contributed by atoms with E-state index >= 15 is 0 Å². The number of methoxy groups -OCH3 is 1. The second-order valence-electron chi connectivity index (χ2n) is 4.15. The molecule has 1 rings (SSSR count). The summed E-state index contributed by atoms with van der Waals surface area (Å²) in [5.41, 5.74) is 0.845. The van der Waals surface area contributed by atoms with E-state index in [0.29, 0.717) is 18.9 Å². The van der Waals surface area contributed by atoms with E-state index < -0.39 is 0 Å². The summed E-state index contributed by atoms with van der Waals surface area (Å²) in [5, 5.41) is 2.66. The van der Waals surface area contributed by atoms with Gasteiger partial charge in [-0.25, -0.2) is 0 Å². The van der Waals surface area contributed by atoms with E-state index in [0.717, 1.165) is 5.56 Å². The highest BCUT2D eigenvalue weighted by atomic mass is 16.5. The Kier molecular flexibility index (Phi) is 11.0. The van der Waals surface area contributed by atoms with Crippen LogP contribution >= 0.6 is 0 Å². The molecule has 0 saturated carbocycles. The van der Waals surface area contributed by atoms with Gasteiger partial charge < -0.3 is 14.8 Å². The van der Waals surface area contributed by atoms with Gasteiger partial charge in [-0.15, -0.1) is 13.2 Å². The van der Waals surface area contributed by atoms with E-state index in [-0.39, 0.29) is 18.3 Å². The standard InChI is InChI=1S/C15H19NO4.C2H4/c1-12(17)6-7-13-4-3-5-14(10-13)20-11-15(18)16-8-9-19-2;1-2/h3-7,10H,8-9,11H2,1-2H3,(H,16,18);1-2H2/b7-6+;. The number of ether oxygens (including phenoxy) is 2. The maximum Gasteiger partial charge on any atom is 0.258 e. The molecule has 0 fully saturated rings. The van der Waals surface area contributed by atoms with Gasteiger partial charge in [0.2, 0.25) is 0 Å². The van der Waals surface area contributed by atoms with Crippen molar-refractivity contribution in [3.8, 4) is 5.75 Å². The third-order valence-electron chi connectivity index (χ3n) is 2.37. The van der Waals surface area contributed by atoms with Crippen LogP contribution in [0.3, 0.4) is 0 Å². The zero-order valence-electron chi connectivity index (χ0n) is 13.1. The summed E-state index contributed by atoms with van der Waals surface area (Å²) >= 11 is 0. The Morgan fingerprint density at radius 2 is 2.05 bits per heavy atom. The van der Waals surface area contributed by atoms with Crippen molar-refractivity contribution in [2.75, 3.05) is 26.9 Å². The monoisotopic (exact) mass is 305 g/mol. The largest absolute Gasteiger partial charge is 0.484 e. The van der Waals surface area contributed by atoms with Crippen molar-refractivity contribution in [2.45, 2.75) is 6.92 Å². The quantitative estimate of drug-likeness (QED) is 0.454. The van der Waals surface area contributed by atoms with Gasteiger partial charge in [-0.1, -0.05) is 18.2 Å². The predicted octanol–water partition coefficient (Wildman–Crippen LogP) is 2.23. The average molecular weight is 305 g/mol. The molecule has 1 N–H and O–H groups in total. The van der Waals surface area contributed by atoms with Crippen molar-refractivity contribution in [2.24, 2.45) is 0 Å². The summed E-state index contributed by atoms with van der Waals surface area (Å²) < 4.78 is 10.2. The Morgan fingerprint density at radius 3 is 2.68 bits per heavy atom. The van der Waals surface area contributed by atoms with Crippen molar-refractivity contribution in [1.29, 1.82) is 0 Å². The number of ketones is 1. The predicted molar refractivity (Wildman–Crippen MR) is 87.8 cm³/mol. The molecule has 0 aliphatic rings. The van der Waals surface area contributed by atoms with Crippen LogP contribution < -0.4 is 10.1 Å². The molecule has 0 aromatic heterocycles. The Hall–Kier alpha value is -2.40. The molecule has 22 heavy (non-hydrogen) atoms. The van der Waals surface area contributed by atoms with Crippen LogP contribution in [0.2, 0.25) is 0 Å². The second kappa shape index (κ2) is 12.3. The number of rotatable bonds is 8. The SMILES string of the molecule is C=C.COCCNC(=O)COc1cccc(/C=C/C(C)=O)c1. The maximum atomic E-state index is 11.4. The molecule has 0 spiro atoms. The van der Waals surface area contributed by atoms with Crippen LogP contribution in [-0.2, 0) is 14.3 Å². The van der Waals surface area contributed by atoms with E-state index in [9.17, 15) is 9.59 Å². The minimum absolute atomic E-state index is 0.0196. The van der Waals surface area contributed by atoms with Crippen LogP contribution in [0.5, 0.6) is 5.75 Å². The van der Waals surface area contributed by atoms with Crippen molar-refractivity contribution in [1.82, 2.24) is 5.32 Å². The number of carbonyl (C=O) groups excluding carboxylic acids is 2. The van der Waals surface area contributed by atoms with Crippen molar-refractivity contribution < 1.29 is 19.1 Å². The third kappa shape index (κ3) is 9.50. The van der Waals surface area contributed by atoms with E-state index in [1.807, 2.05) is 6.07 Å². The van der Waals surface area contributed by atoms with Gasteiger partial charge in [-0.3, -0.25) is 9.59 Å². The molecule has 5 heteroatoms. The van der Waals surface area contributed by atoms with Crippen molar-refractivity contribution in [3.63, 3.8) is 0 Å². The first-order valence-electron chi connectivity index (χ1n) is 6.79. The molecular formula is C17H23NO4. The molecule has 0 radical (unpaired) electrons. The van der Waals surface area contributed by atoms with Gasteiger partial charge >= 0.3 is 0 Å². The molecule has 0 atom stereocenters. The topological polar surface area (TPSA) is 64.6 Å². The summed E-state index contributed by atoms with van der Waals surface area (Å²) in [6.07, 6.45) is 3.18. The van der Waals surface area contributed by atoms with E-state index in [2.05, 4.69) is 18.5 Å². The number of hydrogen-bond donors (Lipinski definition) is 1. The highest BCUT2D eigenvalue weighted by Gasteiger charge is 2.02. The zero-order chi connectivity index (χ0) is 16.8. The van der Waals surface area contributed by atoms with Crippen LogP contribution in [-0.4, -0.2) is 38.6 Å². The normalized spacial score (nSPS) is 9.73. The Bertz CT molecular complexity index is 497. The van der Waals surface area contributed by atoms with Gasteiger partial charge in [0.05, 0.1) is 6.61 Å². The number of hydrogen-bond acceptors (Lipinski definition) is 4. The van der Waals surface area contributed by atoms with E-state index in [4.69, 9.17) is 9.47 Å². The fraction of sp³-hybridized carbons (Fsp3) is 0.294. The molecular weight excluding hydrogens is 282 g/mol. The molecule has 0 saturated heterocycles. The molecule has 1 amide bonds. The number of carbonyl (C=O) groups is 2. The lowest BCUT2D eigenvalue weighted by molar-refractivity contribution is -0.123. The van der Waals surface area contributed by atoms with Crippen LogP contribution in [0.25, 0.3) is 6.08 Å². The number of allylic oxidation sites excluding steroid dienone is 1. The minimum atomic E-state index is -0.202. The van der Waals surface area contributed by atoms with Crippen molar-refractivity contribution in [3.05, 3.63) is 49.1 Å². The van der Waals surface area contributed by atoms with E-state index in [1.54, 1.807) is 31.4 Å². The van der Waals surface area contributed by atoms with Crippen LogP contribution in [0, 0.1) is 0 Å². The second-order valence-corrected chi connectivity index (χ2v) is 4.15. The first-order chi connectivity index (χ1) is 10.6. The fourth-order valence-corrected chi connectivity index (χ4v) is 1.41. The first kappa shape index (κ1) is 19.6. The fourth-order valence-electron chi connectivity index (χ4n) is 1.41. The highest BCUT2D eigenvalue weighted by Crippen LogP contribution is 2.14. The highest BCUT2D eigenvalue weighted by molar-refractivity contribution is 5.91. The van der Waals surface area contributed by atoms with Gasteiger partial charge in [0.15, 0.2) is 12.4 Å². The molecule has 0 aliphatic heterocycles. The summed E-state index contributed by atoms with van der Waals surface area (Å²) in [6.45, 7) is 8.36. The van der Waals surface area contributed by atoms with Crippen molar-refractivity contribution >= 4 is 17.8 Å². The van der Waals surface area contributed by atoms with Gasteiger partial charge in [-0.05, 0) is 30.7 Å². The number of amides is 1. The molecule has 0 aliphatic carbocycles. The van der Waals surface area contributed by atoms with Crippen LogP contribution in [0.15, 0.2) is 43.5 Å². The molecule has 1 aromatic rings. The van der Waals surface area contributed by atoms with Crippen LogP contribution in [0.4, 0.5) is 0 Å². The molecule has 120 valence electrons. The zero-order valence-corrected chi connectivity index (χ0v) is 13.1. The summed E-state index contributed by atoms with van der Waals surface area (Å²) in [7, 11) is 1.57. The number of nitrogens with one attached hydrogen (secondary N) is 1. The lowest BCUT2D eigenvalue weighted by Crippen LogP contribution is -2.31. The van der Waals surface area contributed by atoms with Gasteiger partial charge in [0.25, 0.3) is 5.91 Å². The lowest BCUT2D eigenvalue weighted by atomic mass is 10.2. The first-order valence-corrected chi connectivity index (χ1v) is 6.79. The van der Waals surface area contributed by atoms with E-state index in [1.165, 1.54) is 13.0 Å². The number of benzene rings is 1.